The normalized spacial score (nSPS) is 15.1. The van der Waals surface area contributed by atoms with E-state index in [1.54, 1.807) is 7.11 Å². The zero-order valence-electron chi connectivity index (χ0n) is 11.8. The molecule has 20 heavy (non-hydrogen) atoms. The number of rotatable bonds is 7. The Hall–Kier alpha value is -1.65. The molecule has 0 atom stereocenters. The quantitative estimate of drug-likeness (QED) is 0.788. The Balaban J connectivity index is 1.74. The number of ketones is 1. The molecule has 1 fully saturated rings. The van der Waals surface area contributed by atoms with Gasteiger partial charge in [-0.15, -0.1) is 0 Å². The van der Waals surface area contributed by atoms with Crippen molar-refractivity contribution in [2.24, 2.45) is 0 Å². The average molecular weight is 272 g/mol. The zero-order valence-corrected chi connectivity index (χ0v) is 11.8. The van der Waals surface area contributed by atoms with Gasteiger partial charge in [0, 0.05) is 42.4 Å². The van der Waals surface area contributed by atoms with E-state index in [1.165, 1.54) is 12.8 Å². The molecule has 0 saturated heterocycles. The molecule has 1 saturated carbocycles. The van der Waals surface area contributed by atoms with Crippen LogP contribution >= 0.6 is 0 Å². The molecule has 4 heteroatoms. The van der Waals surface area contributed by atoms with Crippen molar-refractivity contribution in [3.8, 4) is 0 Å². The fourth-order valence-electron chi connectivity index (χ4n) is 2.61. The maximum absolute atomic E-state index is 12.5. The lowest BCUT2D eigenvalue weighted by Crippen LogP contribution is -2.34. The molecule has 0 unspecified atom stereocenters. The number of methoxy groups -OCH3 is 1. The minimum atomic E-state index is 0.186. The number of Topliss-reactive ketones (excluding diaryl/α,β-unsaturated/α-hetero) is 1. The van der Waals surface area contributed by atoms with Gasteiger partial charge in [0.2, 0.25) is 0 Å². The third kappa shape index (κ3) is 2.76. The highest BCUT2D eigenvalue weighted by Gasteiger charge is 2.30. The standard InChI is InChI=1S/C16H20N2O2/c1-20-9-8-18(12-6-7-12)11-16(19)14-10-17-15-5-3-2-4-13(14)15/h2-5,10,12,17H,6-9,11H2,1H3. The summed E-state index contributed by atoms with van der Waals surface area (Å²) in [7, 11) is 1.70. The highest BCUT2D eigenvalue weighted by Crippen LogP contribution is 2.27. The lowest BCUT2D eigenvalue weighted by Gasteiger charge is -2.20. The summed E-state index contributed by atoms with van der Waals surface area (Å²) in [6, 6.07) is 8.50. The number of H-pyrrole nitrogens is 1. The van der Waals surface area contributed by atoms with Crippen LogP contribution in [0.15, 0.2) is 30.5 Å². The minimum absolute atomic E-state index is 0.186. The molecule has 1 aliphatic carbocycles. The van der Waals surface area contributed by atoms with E-state index in [-0.39, 0.29) is 5.78 Å². The third-order valence-electron chi connectivity index (χ3n) is 3.88. The summed E-state index contributed by atoms with van der Waals surface area (Å²) in [5, 5.41) is 1.01. The topological polar surface area (TPSA) is 45.3 Å². The number of nitrogens with zero attached hydrogens (tertiary/aromatic N) is 1. The minimum Gasteiger partial charge on any atom is -0.383 e. The smallest absolute Gasteiger partial charge is 0.178 e. The second-order valence-electron chi connectivity index (χ2n) is 5.37. The van der Waals surface area contributed by atoms with E-state index in [9.17, 15) is 4.79 Å². The molecule has 1 aromatic carbocycles. The van der Waals surface area contributed by atoms with Crippen LogP contribution in [0.4, 0.5) is 0 Å². The number of ether oxygens (including phenoxy) is 1. The van der Waals surface area contributed by atoms with Gasteiger partial charge in [0.15, 0.2) is 5.78 Å². The highest BCUT2D eigenvalue weighted by atomic mass is 16.5. The second-order valence-corrected chi connectivity index (χ2v) is 5.37. The lowest BCUT2D eigenvalue weighted by atomic mass is 10.1. The Labute approximate surface area is 118 Å². The number of aromatic amines is 1. The fourth-order valence-corrected chi connectivity index (χ4v) is 2.61. The molecule has 1 heterocycles. The first-order chi connectivity index (χ1) is 9.79. The van der Waals surface area contributed by atoms with E-state index in [4.69, 9.17) is 4.74 Å². The molecule has 4 nitrogen and oxygen atoms in total. The van der Waals surface area contributed by atoms with Crippen LogP contribution in [0, 0.1) is 0 Å². The molecule has 0 amide bonds. The molecular weight excluding hydrogens is 252 g/mol. The van der Waals surface area contributed by atoms with Crippen LogP contribution in [0.3, 0.4) is 0 Å². The van der Waals surface area contributed by atoms with E-state index >= 15 is 0 Å². The number of carbonyl (C=O) groups excluding carboxylic acids is 1. The first kappa shape index (κ1) is 13.3. The summed E-state index contributed by atoms with van der Waals surface area (Å²) in [4.78, 5) is 17.9. The van der Waals surface area contributed by atoms with Gasteiger partial charge in [-0.05, 0) is 18.9 Å². The van der Waals surface area contributed by atoms with Crippen LogP contribution in [0.2, 0.25) is 0 Å². The van der Waals surface area contributed by atoms with Crippen molar-refractivity contribution in [2.45, 2.75) is 18.9 Å². The van der Waals surface area contributed by atoms with Gasteiger partial charge in [-0.3, -0.25) is 9.69 Å². The van der Waals surface area contributed by atoms with Gasteiger partial charge < -0.3 is 9.72 Å². The van der Waals surface area contributed by atoms with E-state index < -0.39 is 0 Å². The van der Waals surface area contributed by atoms with E-state index in [1.807, 2.05) is 30.5 Å². The van der Waals surface area contributed by atoms with E-state index in [0.717, 1.165) is 23.0 Å². The molecule has 106 valence electrons. The van der Waals surface area contributed by atoms with Crippen molar-refractivity contribution in [1.29, 1.82) is 0 Å². The molecule has 1 aromatic heterocycles. The highest BCUT2D eigenvalue weighted by molar-refractivity contribution is 6.08. The molecule has 0 bridgehead atoms. The van der Waals surface area contributed by atoms with E-state index in [2.05, 4.69) is 9.88 Å². The van der Waals surface area contributed by atoms with Gasteiger partial charge in [0.05, 0.1) is 13.2 Å². The van der Waals surface area contributed by atoms with Crippen molar-refractivity contribution >= 4 is 16.7 Å². The number of aromatic nitrogens is 1. The third-order valence-corrected chi connectivity index (χ3v) is 3.88. The number of hydrogen-bond donors (Lipinski definition) is 1. The molecular formula is C16H20N2O2. The largest absolute Gasteiger partial charge is 0.383 e. The summed E-state index contributed by atoms with van der Waals surface area (Å²) < 4.78 is 5.13. The Morgan fingerprint density at radius 2 is 2.20 bits per heavy atom. The lowest BCUT2D eigenvalue weighted by molar-refractivity contribution is 0.0887. The van der Waals surface area contributed by atoms with Crippen molar-refractivity contribution < 1.29 is 9.53 Å². The number of hydrogen-bond acceptors (Lipinski definition) is 3. The first-order valence-electron chi connectivity index (χ1n) is 7.12. The van der Waals surface area contributed by atoms with Crippen LogP contribution in [-0.2, 0) is 4.74 Å². The summed E-state index contributed by atoms with van der Waals surface area (Å²) in [5.74, 6) is 0.186. The SMILES string of the molecule is COCCN(CC(=O)c1c[nH]c2ccccc12)C1CC1. The van der Waals surface area contributed by atoms with Crippen molar-refractivity contribution in [3.63, 3.8) is 0 Å². The average Bonchev–Trinajstić information content (AvgIpc) is 3.22. The molecule has 0 aliphatic heterocycles. The predicted octanol–water partition coefficient (Wildman–Crippen LogP) is 2.46. The van der Waals surface area contributed by atoms with Crippen molar-refractivity contribution in [2.75, 3.05) is 26.8 Å². The molecule has 2 aromatic rings. The number of nitrogens with one attached hydrogen (secondary N) is 1. The number of benzene rings is 1. The van der Waals surface area contributed by atoms with Crippen LogP contribution < -0.4 is 0 Å². The molecule has 0 radical (unpaired) electrons. The molecule has 3 rings (SSSR count). The Bertz CT molecular complexity index is 601. The Morgan fingerprint density at radius 1 is 1.40 bits per heavy atom. The van der Waals surface area contributed by atoms with Gasteiger partial charge in [0.1, 0.15) is 0 Å². The van der Waals surface area contributed by atoms with Crippen LogP contribution in [0.25, 0.3) is 10.9 Å². The van der Waals surface area contributed by atoms with E-state index in [0.29, 0.717) is 19.2 Å². The van der Waals surface area contributed by atoms with Crippen LogP contribution in [-0.4, -0.2) is 48.5 Å². The summed E-state index contributed by atoms with van der Waals surface area (Å²) >= 11 is 0. The molecule has 1 aliphatic rings. The Kier molecular flexibility index (Phi) is 3.85. The van der Waals surface area contributed by atoms with Gasteiger partial charge in [-0.25, -0.2) is 0 Å². The predicted molar refractivity (Wildman–Crippen MR) is 79.1 cm³/mol. The first-order valence-corrected chi connectivity index (χ1v) is 7.12. The van der Waals surface area contributed by atoms with Crippen LogP contribution in [0.5, 0.6) is 0 Å². The Morgan fingerprint density at radius 3 is 2.95 bits per heavy atom. The summed E-state index contributed by atoms with van der Waals surface area (Å²) in [6.45, 7) is 1.99. The molecule has 0 spiro atoms. The molecule has 1 N–H and O–H groups in total. The zero-order chi connectivity index (χ0) is 13.9. The maximum atomic E-state index is 12.5. The van der Waals surface area contributed by atoms with Gasteiger partial charge >= 0.3 is 0 Å². The number of para-hydroxylation sites is 1. The van der Waals surface area contributed by atoms with Gasteiger partial charge in [0.25, 0.3) is 0 Å². The monoisotopic (exact) mass is 272 g/mol. The van der Waals surface area contributed by atoms with Gasteiger partial charge in [-0.1, -0.05) is 18.2 Å². The number of fused-ring (bicyclic) bond motifs is 1. The summed E-state index contributed by atoms with van der Waals surface area (Å²) in [5.41, 5.74) is 1.81. The van der Waals surface area contributed by atoms with Crippen molar-refractivity contribution in [1.82, 2.24) is 9.88 Å². The fraction of sp³-hybridized carbons (Fsp3) is 0.438. The maximum Gasteiger partial charge on any atom is 0.178 e. The van der Waals surface area contributed by atoms with Gasteiger partial charge in [-0.2, -0.15) is 0 Å². The second kappa shape index (κ2) is 5.77. The number of carbonyl (C=O) groups is 1. The van der Waals surface area contributed by atoms with Crippen molar-refractivity contribution in [3.05, 3.63) is 36.0 Å². The summed E-state index contributed by atoms with van der Waals surface area (Å²) in [6.07, 6.45) is 4.23. The van der Waals surface area contributed by atoms with Crippen LogP contribution in [0.1, 0.15) is 23.2 Å².